The molecule has 0 saturated carbocycles. The van der Waals surface area contributed by atoms with Gasteiger partial charge >= 0.3 is 0 Å². The van der Waals surface area contributed by atoms with Gasteiger partial charge in [0.2, 0.25) is 0 Å². The molecule has 1 aliphatic heterocycles. The number of ether oxygens (including phenoxy) is 2. The molecule has 0 spiro atoms. The highest BCUT2D eigenvalue weighted by molar-refractivity contribution is 5.99. The lowest BCUT2D eigenvalue weighted by Gasteiger charge is -2.27. The molecule has 7 nitrogen and oxygen atoms in total. The minimum absolute atomic E-state index is 0.0288. The number of amides is 1. The fraction of sp³-hybridized carbons (Fsp3) is 0.500. The predicted molar refractivity (Wildman–Crippen MR) is 104 cm³/mol. The Kier molecular flexibility index (Phi) is 6.47. The second-order valence-electron chi connectivity index (χ2n) is 7.08. The number of likely N-dealkylation sites (N-methyl/N-ethyl adjacent to an activating group) is 1. The van der Waals surface area contributed by atoms with Gasteiger partial charge < -0.3 is 19.3 Å². The molecule has 2 aromatic rings. The Morgan fingerprint density at radius 2 is 2.22 bits per heavy atom. The van der Waals surface area contributed by atoms with Crippen LogP contribution in [0.4, 0.5) is 0 Å². The summed E-state index contributed by atoms with van der Waals surface area (Å²) in [4.78, 5) is 17.3. The Morgan fingerprint density at radius 3 is 2.93 bits per heavy atom. The van der Waals surface area contributed by atoms with Crippen molar-refractivity contribution >= 4 is 5.91 Å². The molecule has 0 aliphatic carbocycles. The average Bonchev–Trinajstić information content (AvgIpc) is 3.36. The van der Waals surface area contributed by atoms with Crippen molar-refractivity contribution in [2.45, 2.75) is 18.9 Å². The Morgan fingerprint density at radius 1 is 1.37 bits per heavy atom. The number of aromatic nitrogens is 2. The van der Waals surface area contributed by atoms with Crippen LogP contribution in [0, 0.1) is 0 Å². The van der Waals surface area contributed by atoms with Gasteiger partial charge in [-0.25, -0.2) is 0 Å². The van der Waals surface area contributed by atoms with Gasteiger partial charge in [-0.2, -0.15) is 5.10 Å². The molecule has 27 heavy (non-hydrogen) atoms. The van der Waals surface area contributed by atoms with E-state index < -0.39 is 0 Å². The first-order chi connectivity index (χ1) is 13.1. The van der Waals surface area contributed by atoms with Gasteiger partial charge in [-0.1, -0.05) is 12.1 Å². The number of rotatable bonds is 8. The maximum absolute atomic E-state index is 13.3. The van der Waals surface area contributed by atoms with E-state index in [1.807, 2.05) is 43.3 Å². The zero-order chi connectivity index (χ0) is 19.2. The average molecular weight is 372 g/mol. The van der Waals surface area contributed by atoms with Crippen LogP contribution >= 0.6 is 0 Å². The van der Waals surface area contributed by atoms with E-state index in [9.17, 15) is 4.79 Å². The van der Waals surface area contributed by atoms with Gasteiger partial charge in [0.25, 0.3) is 5.91 Å². The molecule has 1 saturated heterocycles. The monoisotopic (exact) mass is 372 g/mol. The molecule has 1 fully saturated rings. The van der Waals surface area contributed by atoms with Crippen LogP contribution in [0.15, 0.2) is 30.5 Å². The van der Waals surface area contributed by atoms with Crippen molar-refractivity contribution in [2.75, 3.05) is 47.4 Å². The van der Waals surface area contributed by atoms with Crippen LogP contribution in [0.2, 0.25) is 0 Å². The number of hydrogen-bond donors (Lipinski definition) is 1. The number of aromatic amines is 1. The first-order valence-corrected chi connectivity index (χ1v) is 9.32. The number of benzene rings is 1. The topological polar surface area (TPSA) is 70.7 Å². The number of carbonyl (C=O) groups is 1. The van der Waals surface area contributed by atoms with Crippen LogP contribution in [0.1, 0.15) is 23.2 Å². The van der Waals surface area contributed by atoms with Crippen molar-refractivity contribution in [1.29, 1.82) is 0 Å². The summed E-state index contributed by atoms with van der Waals surface area (Å²) in [7, 11) is 5.64. The summed E-state index contributed by atoms with van der Waals surface area (Å²) in [6.45, 7) is 2.83. The van der Waals surface area contributed by atoms with Crippen LogP contribution in [0.3, 0.4) is 0 Å². The van der Waals surface area contributed by atoms with Gasteiger partial charge in [-0.05, 0) is 39.1 Å². The zero-order valence-electron chi connectivity index (χ0n) is 16.3. The lowest BCUT2D eigenvalue weighted by Crippen LogP contribution is -2.41. The molecular weight excluding hydrogens is 344 g/mol. The third-order valence-corrected chi connectivity index (χ3v) is 4.78. The number of H-pyrrole nitrogens is 1. The van der Waals surface area contributed by atoms with E-state index in [2.05, 4.69) is 15.1 Å². The molecule has 0 radical (unpaired) electrons. The van der Waals surface area contributed by atoms with Crippen LogP contribution in [-0.2, 0) is 4.74 Å². The SMILES string of the molecule is COc1cccc(-c2[nH]ncc2C(=O)N(CCN(C)C)C[C@H]2CCCO2)c1. The van der Waals surface area contributed by atoms with Gasteiger partial charge in [0.1, 0.15) is 5.75 Å². The highest BCUT2D eigenvalue weighted by Crippen LogP contribution is 2.26. The Labute approximate surface area is 160 Å². The molecule has 3 rings (SSSR count). The lowest BCUT2D eigenvalue weighted by molar-refractivity contribution is 0.0512. The maximum atomic E-state index is 13.3. The van der Waals surface area contributed by atoms with Crippen molar-refractivity contribution < 1.29 is 14.3 Å². The minimum atomic E-state index is -0.0288. The second kappa shape index (κ2) is 9.01. The number of carbonyl (C=O) groups excluding carboxylic acids is 1. The summed E-state index contributed by atoms with van der Waals surface area (Å²) >= 11 is 0. The fourth-order valence-corrected chi connectivity index (χ4v) is 3.25. The molecule has 1 atom stereocenters. The zero-order valence-corrected chi connectivity index (χ0v) is 16.3. The molecule has 1 aromatic carbocycles. The van der Waals surface area contributed by atoms with E-state index in [0.717, 1.165) is 37.3 Å². The minimum Gasteiger partial charge on any atom is -0.497 e. The van der Waals surface area contributed by atoms with Crippen molar-refractivity contribution in [2.24, 2.45) is 0 Å². The van der Waals surface area contributed by atoms with E-state index in [1.54, 1.807) is 13.3 Å². The van der Waals surface area contributed by atoms with E-state index in [1.165, 1.54) is 0 Å². The molecule has 146 valence electrons. The van der Waals surface area contributed by atoms with Crippen LogP contribution in [0.25, 0.3) is 11.3 Å². The summed E-state index contributed by atoms with van der Waals surface area (Å²) in [6.07, 6.45) is 3.78. The molecule has 1 N–H and O–H groups in total. The smallest absolute Gasteiger partial charge is 0.257 e. The van der Waals surface area contributed by atoms with Gasteiger partial charge in [0.05, 0.1) is 30.7 Å². The normalized spacial score (nSPS) is 16.7. The van der Waals surface area contributed by atoms with E-state index >= 15 is 0 Å². The van der Waals surface area contributed by atoms with E-state index in [4.69, 9.17) is 9.47 Å². The Balaban J connectivity index is 1.83. The third-order valence-electron chi connectivity index (χ3n) is 4.78. The lowest BCUT2D eigenvalue weighted by atomic mass is 10.1. The largest absolute Gasteiger partial charge is 0.497 e. The molecule has 1 aliphatic rings. The quantitative estimate of drug-likeness (QED) is 0.770. The molecule has 0 unspecified atom stereocenters. The molecule has 2 heterocycles. The first kappa shape index (κ1) is 19.4. The van der Waals surface area contributed by atoms with Crippen LogP contribution < -0.4 is 4.74 Å². The summed E-state index contributed by atoms with van der Waals surface area (Å²) in [5.74, 6) is 0.711. The van der Waals surface area contributed by atoms with Crippen LogP contribution in [0.5, 0.6) is 5.75 Å². The van der Waals surface area contributed by atoms with Crippen molar-refractivity contribution in [1.82, 2.24) is 20.0 Å². The summed E-state index contributed by atoms with van der Waals surface area (Å²) in [6, 6.07) is 7.62. The van der Waals surface area contributed by atoms with Gasteiger partial charge in [-0.3, -0.25) is 9.89 Å². The third kappa shape index (κ3) is 4.87. The maximum Gasteiger partial charge on any atom is 0.257 e. The molecular formula is C20H28N4O3. The van der Waals surface area contributed by atoms with Crippen molar-refractivity contribution in [3.8, 4) is 17.0 Å². The second-order valence-corrected chi connectivity index (χ2v) is 7.08. The molecule has 1 amide bonds. The molecule has 1 aromatic heterocycles. The van der Waals surface area contributed by atoms with Crippen molar-refractivity contribution in [3.63, 3.8) is 0 Å². The number of methoxy groups -OCH3 is 1. The highest BCUT2D eigenvalue weighted by Gasteiger charge is 2.26. The first-order valence-electron chi connectivity index (χ1n) is 9.32. The van der Waals surface area contributed by atoms with Crippen LogP contribution in [-0.4, -0.2) is 79.5 Å². The summed E-state index contributed by atoms with van der Waals surface area (Å²) in [5, 5.41) is 7.10. The van der Waals surface area contributed by atoms with Gasteiger partial charge in [-0.15, -0.1) is 0 Å². The van der Waals surface area contributed by atoms with E-state index in [0.29, 0.717) is 24.3 Å². The number of nitrogens with zero attached hydrogens (tertiary/aromatic N) is 3. The highest BCUT2D eigenvalue weighted by atomic mass is 16.5. The number of hydrogen-bond acceptors (Lipinski definition) is 5. The number of nitrogens with one attached hydrogen (secondary N) is 1. The summed E-state index contributed by atoms with van der Waals surface area (Å²) < 4.78 is 11.1. The Hall–Kier alpha value is -2.38. The molecule has 0 bridgehead atoms. The van der Waals surface area contributed by atoms with Crippen molar-refractivity contribution in [3.05, 3.63) is 36.0 Å². The Bertz CT molecular complexity index is 753. The molecule has 7 heteroatoms. The van der Waals surface area contributed by atoms with Gasteiger partial charge in [0, 0.05) is 31.8 Å². The van der Waals surface area contributed by atoms with E-state index in [-0.39, 0.29) is 12.0 Å². The van der Waals surface area contributed by atoms with Gasteiger partial charge in [0.15, 0.2) is 0 Å². The predicted octanol–water partition coefficient (Wildman–Crippen LogP) is 2.27. The standard InChI is InChI=1S/C20H28N4O3/c1-23(2)9-10-24(14-17-8-5-11-27-17)20(25)18-13-21-22-19(18)15-6-4-7-16(12-15)26-3/h4,6-7,12-13,17H,5,8-11,14H2,1-3H3,(H,21,22)/t17-/m1/s1. The fourth-order valence-electron chi connectivity index (χ4n) is 3.25. The summed E-state index contributed by atoms with van der Waals surface area (Å²) in [5.41, 5.74) is 2.15.